The largest absolute Gasteiger partial charge is 0.394 e. The monoisotopic (exact) mass is 238 g/mol. The average molecular weight is 238 g/mol. The first-order valence-corrected chi connectivity index (χ1v) is 6.60. The highest BCUT2D eigenvalue weighted by atomic mass is 16.5. The lowest BCUT2D eigenvalue weighted by atomic mass is 10.00. The Kier molecular flexibility index (Phi) is 4.38. The van der Waals surface area contributed by atoms with Crippen LogP contribution in [0.15, 0.2) is 0 Å². The number of hydrogen-bond donors (Lipinski definition) is 1. The molecule has 1 aliphatic heterocycles. The zero-order valence-electron chi connectivity index (χ0n) is 10.4. The van der Waals surface area contributed by atoms with Gasteiger partial charge >= 0.3 is 0 Å². The number of aliphatic hydroxyl groups excluding tert-OH is 1. The van der Waals surface area contributed by atoms with E-state index < -0.39 is 0 Å². The van der Waals surface area contributed by atoms with Crippen molar-refractivity contribution in [2.24, 2.45) is 5.41 Å². The van der Waals surface area contributed by atoms with Crippen molar-refractivity contribution < 1.29 is 9.84 Å². The van der Waals surface area contributed by atoms with E-state index in [-0.39, 0.29) is 6.61 Å². The summed E-state index contributed by atoms with van der Waals surface area (Å²) in [4.78, 5) is 2.48. The van der Waals surface area contributed by atoms with Crippen molar-refractivity contribution in [2.75, 3.05) is 32.8 Å². The molecule has 1 saturated heterocycles. The topological polar surface area (TPSA) is 56.5 Å². The maximum Gasteiger partial charge on any atom is 0.0701 e. The molecule has 2 aliphatic rings. The van der Waals surface area contributed by atoms with Crippen molar-refractivity contribution in [1.82, 2.24) is 4.90 Å². The molecule has 0 radical (unpaired) electrons. The van der Waals surface area contributed by atoms with Crippen molar-refractivity contribution in [2.45, 2.75) is 38.2 Å². The van der Waals surface area contributed by atoms with Crippen LogP contribution in [0.5, 0.6) is 0 Å². The van der Waals surface area contributed by atoms with Gasteiger partial charge in [-0.3, -0.25) is 0 Å². The van der Waals surface area contributed by atoms with Gasteiger partial charge in [0, 0.05) is 26.1 Å². The standard InChI is InChI=1S/C13H22N2O2/c14-6-5-13(3-4-13)11-15-7-1-12(2-8-15)17-10-9-16/h12,16H,1-5,7-11H2. The van der Waals surface area contributed by atoms with Crippen molar-refractivity contribution in [3.8, 4) is 6.07 Å². The Hall–Kier alpha value is -0.630. The number of hydrogen-bond acceptors (Lipinski definition) is 4. The van der Waals surface area contributed by atoms with Crippen LogP contribution in [0.25, 0.3) is 0 Å². The third kappa shape index (κ3) is 3.67. The van der Waals surface area contributed by atoms with Crippen LogP contribution in [0.2, 0.25) is 0 Å². The van der Waals surface area contributed by atoms with Crippen molar-refractivity contribution in [3.05, 3.63) is 0 Å². The smallest absolute Gasteiger partial charge is 0.0701 e. The highest BCUT2D eigenvalue weighted by Crippen LogP contribution is 2.49. The second-order valence-electron chi connectivity index (χ2n) is 5.40. The normalized spacial score (nSPS) is 24.5. The van der Waals surface area contributed by atoms with Gasteiger partial charge in [0.1, 0.15) is 0 Å². The van der Waals surface area contributed by atoms with E-state index in [4.69, 9.17) is 15.1 Å². The SMILES string of the molecule is N#CCC1(CN2CCC(OCCO)CC2)CC1. The quantitative estimate of drug-likeness (QED) is 0.754. The number of rotatable bonds is 6. The molecule has 0 amide bonds. The summed E-state index contributed by atoms with van der Waals surface area (Å²) >= 11 is 0. The molecule has 4 nitrogen and oxygen atoms in total. The summed E-state index contributed by atoms with van der Waals surface area (Å²) in [6.07, 6.45) is 5.60. The van der Waals surface area contributed by atoms with Gasteiger partial charge < -0.3 is 14.7 Å². The molecule has 0 aromatic carbocycles. The maximum absolute atomic E-state index is 8.80. The lowest BCUT2D eigenvalue weighted by molar-refractivity contribution is -0.0106. The second kappa shape index (κ2) is 5.81. The fraction of sp³-hybridized carbons (Fsp3) is 0.923. The summed E-state index contributed by atoms with van der Waals surface area (Å²) < 4.78 is 5.54. The number of nitrogens with zero attached hydrogens (tertiary/aromatic N) is 2. The number of nitriles is 1. The third-order valence-electron chi connectivity index (χ3n) is 3.95. The van der Waals surface area contributed by atoms with Crippen molar-refractivity contribution >= 4 is 0 Å². The van der Waals surface area contributed by atoms with E-state index in [9.17, 15) is 0 Å². The van der Waals surface area contributed by atoms with Gasteiger partial charge in [0.25, 0.3) is 0 Å². The van der Waals surface area contributed by atoms with E-state index in [1.165, 1.54) is 12.8 Å². The minimum atomic E-state index is 0.117. The van der Waals surface area contributed by atoms with Crippen LogP contribution in [0.4, 0.5) is 0 Å². The van der Waals surface area contributed by atoms with Crippen molar-refractivity contribution in [1.29, 1.82) is 5.26 Å². The summed E-state index contributed by atoms with van der Waals surface area (Å²) in [5, 5.41) is 17.5. The van der Waals surface area contributed by atoms with E-state index in [2.05, 4.69) is 11.0 Å². The Balaban J connectivity index is 1.67. The van der Waals surface area contributed by atoms with E-state index in [1.54, 1.807) is 0 Å². The third-order valence-corrected chi connectivity index (χ3v) is 3.95. The Labute approximate surface area is 103 Å². The summed E-state index contributed by atoms with van der Waals surface area (Å²) in [6.45, 7) is 3.81. The molecule has 0 spiro atoms. The van der Waals surface area contributed by atoms with Gasteiger partial charge in [-0.05, 0) is 31.1 Å². The molecule has 4 heteroatoms. The predicted octanol–water partition coefficient (Wildman–Crippen LogP) is 1.15. The molecule has 1 heterocycles. The van der Waals surface area contributed by atoms with Gasteiger partial charge in [0.2, 0.25) is 0 Å². The van der Waals surface area contributed by atoms with Crippen molar-refractivity contribution in [3.63, 3.8) is 0 Å². The average Bonchev–Trinajstić information content (AvgIpc) is 3.09. The molecule has 2 fully saturated rings. The maximum atomic E-state index is 8.80. The van der Waals surface area contributed by atoms with Crippen LogP contribution in [0, 0.1) is 16.7 Å². The molecular weight excluding hydrogens is 216 g/mol. The Morgan fingerprint density at radius 2 is 2.06 bits per heavy atom. The van der Waals surface area contributed by atoms with Gasteiger partial charge in [-0.25, -0.2) is 0 Å². The van der Waals surface area contributed by atoms with Crippen LogP contribution >= 0.6 is 0 Å². The minimum absolute atomic E-state index is 0.117. The summed E-state index contributed by atoms with van der Waals surface area (Å²) in [7, 11) is 0. The van der Waals surface area contributed by atoms with Crippen LogP contribution in [-0.2, 0) is 4.74 Å². The predicted molar refractivity (Wildman–Crippen MR) is 64.4 cm³/mol. The molecule has 2 rings (SSSR count). The van der Waals surface area contributed by atoms with E-state index in [0.29, 0.717) is 24.5 Å². The molecule has 1 aliphatic carbocycles. The van der Waals surface area contributed by atoms with Crippen LogP contribution in [0.1, 0.15) is 32.1 Å². The number of piperidine rings is 1. The van der Waals surface area contributed by atoms with E-state index >= 15 is 0 Å². The van der Waals surface area contributed by atoms with Gasteiger partial charge in [-0.15, -0.1) is 0 Å². The molecule has 1 saturated carbocycles. The first-order valence-electron chi connectivity index (χ1n) is 6.60. The summed E-state index contributed by atoms with van der Waals surface area (Å²) in [5.74, 6) is 0. The number of aliphatic hydroxyl groups is 1. The molecule has 17 heavy (non-hydrogen) atoms. The first-order chi connectivity index (χ1) is 8.28. The molecule has 0 unspecified atom stereocenters. The zero-order chi connectivity index (χ0) is 12.1. The van der Waals surface area contributed by atoms with Crippen LogP contribution < -0.4 is 0 Å². The Morgan fingerprint density at radius 3 is 2.59 bits per heavy atom. The highest BCUT2D eigenvalue weighted by Gasteiger charge is 2.43. The number of likely N-dealkylation sites (tertiary alicyclic amines) is 1. The fourth-order valence-corrected chi connectivity index (χ4v) is 2.66. The Morgan fingerprint density at radius 1 is 1.35 bits per heavy atom. The molecule has 0 aromatic heterocycles. The zero-order valence-corrected chi connectivity index (χ0v) is 10.4. The first kappa shape index (κ1) is 12.8. The molecule has 0 atom stereocenters. The van der Waals surface area contributed by atoms with Gasteiger partial charge in [0.05, 0.1) is 25.4 Å². The lowest BCUT2D eigenvalue weighted by Gasteiger charge is -2.33. The van der Waals surface area contributed by atoms with Crippen LogP contribution in [-0.4, -0.2) is 49.0 Å². The second-order valence-corrected chi connectivity index (χ2v) is 5.40. The highest BCUT2D eigenvalue weighted by molar-refractivity contribution is 5.01. The van der Waals surface area contributed by atoms with Gasteiger partial charge in [-0.1, -0.05) is 0 Å². The lowest BCUT2D eigenvalue weighted by Crippen LogP contribution is -2.40. The molecule has 1 N–H and O–H groups in total. The number of ether oxygens (including phenoxy) is 1. The van der Waals surface area contributed by atoms with Gasteiger partial charge in [-0.2, -0.15) is 5.26 Å². The van der Waals surface area contributed by atoms with E-state index in [1.807, 2.05) is 0 Å². The fourth-order valence-electron chi connectivity index (χ4n) is 2.66. The Bertz CT molecular complexity index is 276. The van der Waals surface area contributed by atoms with Gasteiger partial charge in [0.15, 0.2) is 0 Å². The van der Waals surface area contributed by atoms with Crippen LogP contribution in [0.3, 0.4) is 0 Å². The summed E-state index contributed by atoms with van der Waals surface area (Å²) in [5.41, 5.74) is 0.327. The molecule has 0 aromatic rings. The molecule has 96 valence electrons. The summed E-state index contributed by atoms with van der Waals surface area (Å²) in [6, 6.07) is 2.32. The molecular formula is C13H22N2O2. The van der Waals surface area contributed by atoms with E-state index in [0.717, 1.165) is 32.5 Å². The minimum Gasteiger partial charge on any atom is -0.394 e. The molecule has 0 bridgehead atoms.